The number of piperidine rings is 1. The molecule has 3 rings (SSSR count). The number of nitrogens with one attached hydrogen (secondary N) is 2. The average molecular weight is 512 g/mol. The summed E-state index contributed by atoms with van der Waals surface area (Å²) in [5.41, 5.74) is 2.93. The van der Waals surface area contributed by atoms with Gasteiger partial charge in [-0.1, -0.05) is 51.6 Å². The van der Waals surface area contributed by atoms with Crippen LogP contribution in [0.2, 0.25) is 0 Å². The van der Waals surface area contributed by atoms with E-state index in [-0.39, 0.29) is 34.2 Å². The van der Waals surface area contributed by atoms with E-state index in [0.29, 0.717) is 37.9 Å². The van der Waals surface area contributed by atoms with Crippen molar-refractivity contribution < 1.29 is 18.0 Å². The summed E-state index contributed by atoms with van der Waals surface area (Å²) < 4.78 is 27.9. The van der Waals surface area contributed by atoms with Crippen LogP contribution in [-0.2, 0) is 26.7 Å². The van der Waals surface area contributed by atoms with Crippen LogP contribution in [0.25, 0.3) is 0 Å². The zero-order valence-corrected chi connectivity index (χ0v) is 22.4. The van der Waals surface area contributed by atoms with Crippen LogP contribution in [0.4, 0.5) is 0 Å². The van der Waals surface area contributed by atoms with Gasteiger partial charge in [0.25, 0.3) is 5.91 Å². The molecule has 2 unspecified atom stereocenters. The molecule has 1 aliphatic rings. The molecule has 1 fully saturated rings. The number of sulfonamides is 1. The van der Waals surface area contributed by atoms with Crippen molar-refractivity contribution in [3.05, 3.63) is 77.9 Å². The molecule has 2 aromatic rings. The molecule has 8 heteroatoms. The minimum atomic E-state index is -3.71. The van der Waals surface area contributed by atoms with Crippen LogP contribution in [0.5, 0.6) is 0 Å². The molecular formula is C28H37N3O4S. The van der Waals surface area contributed by atoms with Gasteiger partial charge in [-0.2, -0.15) is 4.31 Å². The quantitative estimate of drug-likeness (QED) is 0.527. The second-order valence-corrected chi connectivity index (χ2v) is 12.3. The Bertz CT molecular complexity index is 1180. The lowest BCUT2D eigenvalue weighted by Gasteiger charge is -2.36. The Balaban J connectivity index is 1.55. The number of rotatable bonds is 8. The number of amides is 2. The zero-order chi connectivity index (χ0) is 26.5. The minimum absolute atomic E-state index is 0.0838. The highest BCUT2D eigenvalue weighted by atomic mass is 32.2. The van der Waals surface area contributed by atoms with Gasteiger partial charge in [-0.15, -0.1) is 0 Å². The van der Waals surface area contributed by atoms with E-state index in [2.05, 4.69) is 62.2 Å². The Morgan fingerprint density at radius 2 is 1.72 bits per heavy atom. The maximum atomic E-state index is 13.2. The van der Waals surface area contributed by atoms with Gasteiger partial charge in [-0.3, -0.25) is 9.59 Å². The molecular weight excluding hydrogens is 474 g/mol. The van der Waals surface area contributed by atoms with E-state index in [9.17, 15) is 18.0 Å². The van der Waals surface area contributed by atoms with E-state index in [4.69, 9.17) is 0 Å². The molecule has 194 valence electrons. The Morgan fingerprint density at radius 1 is 1.08 bits per heavy atom. The van der Waals surface area contributed by atoms with E-state index < -0.39 is 10.0 Å². The second-order valence-electron chi connectivity index (χ2n) is 10.4. The third-order valence-corrected chi connectivity index (χ3v) is 8.62. The third kappa shape index (κ3) is 6.83. The molecule has 0 spiro atoms. The molecule has 1 aliphatic heterocycles. The maximum Gasteiger partial charge on any atom is 0.251 e. The first-order valence-electron chi connectivity index (χ1n) is 12.3. The lowest BCUT2D eigenvalue weighted by atomic mass is 9.86. The molecule has 0 saturated carbocycles. The fraction of sp³-hybridized carbons (Fsp3) is 0.429. The standard InChI is InChI=1S/C28H37N3O4S/c1-6-26(32)30-24-16-18-31(20(2)19-24)36(34,35)25-13-9-22(10-14-25)27(33)29-17-15-21-7-11-23(12-8-21)28(3,4)5/h6-14,20,24H,1,15-19H2,2-5H3,(H,29,33)(H,30,32). The lowest BCUT2D eigenvalue weighted by Crippen LogP contribution is -2.50. The summed E-state index contributed by atoms with van der Waals surface area (Å²) in [4.78, 5) is 24.3. The third-order valence-electron chi connectivity index (χ3n) is 6.59. The highest BCUT2D eigenvalue weighted by Crippen LogP contribution is 2.26. The van der Waals surface area contributed by atoms with Crippen molar-refractivity contribution in [1.29, 1.82) is 0 Å². The fourth-order valence-electron chi connectivity index (χ4n) is 4.41. The van der Waals surface area contributed by atoms with Crippen LogP contribution in [0.3, 0.4) is 0 Å². The van der Waals surface area contributed by atoms with Crippen LogP contribution >= 0.6 is 0 Å². The predicted octanol–water partition coefficient (Wildman–Crippen LogP) is 3.80. The van der Waals surface area contributed by atoms with Crippen molar-refractivity contribution in [2.24, 2.45) is 0 Å². The Labute approximate surface area is 215 Å². The van der Waals surface area contributed by atoms with Gasteiger partial charge in [-0.25, -0.2) is 8.42 Å². The van der Waals surface area contributed by atoms with Crippen LogP contribution < -0.4 is 10.6 Å². The molecule has 0 radical (unpaired) electrons. The summed E-state index contributed by atoms with van der Waals surface area (Å²) in [6, 6.07) is 14.1. The van der Waals surface area contributed by atoms with E-state index in [1.807, 2.05) is 6.92 Å². The molecule has 1 heterocycles. The van der Waals surface area contributed by atoms with Crippen molar-refractivity contribution >= 4 is 21.8 Å². The normalized spacial score (nSPS) is 18.9. The van der Waals surface area contributed by atoms with E-state index >= 15 is 0 Å². The molecule has 2 amide bonds. The van der Waals surface area contributed by atoms with Gasteiger partial charge in [-0.05, 0) is 73.1 Å². The van der Waals surface area contributed by atoms with Gasteiger partial charge in [0.1, 0.15) is 0 Å². The average Bonchev–Trinajstić information content (AvgIpc) is 2.83. The van der Waals surface area contributed by atoms with Crippen LogP contribution in [0.1, 0.15) is 62.0 Å². The number of carbonyl (C=O) groups excluding carboxylic acids is 2. The summed E-state index contributed by atoms with van der Waals surface area (Å²) in [6.07, 6.45) is 2.99. The fourth-order valence-corrected chi connectivity index (χ4v) is 6.06. The van der Waals surface area contributed by atoms with E-state index in [0.717, 1.165) is 5.56 Å². The topological polar surface area (TPSA) is 95.6 Å². The minimum Gasteiger partial charge on any atom is -0.352 e. The highest BCUT2D eigenvalue weighted by molar-refractivity contribution is 7.89. The van der Waals surface area contributed by atoms with Crippen molar-refractivity contribution in [1.82, 2.24) is 14.9 Å². The van der Waals surface area contributed by atoms with Crippen LogP contribution in [0.15, 0.2) is 66.1 Å². The molecule has 1 saturated heterocycles. The summed E-state index contributed by atoms with van der Waals surface area (Å²) in [6.45, 7) is 12.6. The maximum absolute atomic E-state index is 13.2. The van der Waals surface area contributed by atoms with Crippen molar-refractivity contribution in [3.63, 3.8) is 0 Å². The lowest BCUT2D eigenvalue weighted by molar-refractivity contribution is -0.117. The Hall–Kier alpha value is -2.97. The number of hydrogen-bond acceptors (Lipinski definition) is 4. The molecule has 0 aliphatic carbocycles. The van der Waals surface area contributed by atoms with Gasteiger partial charge in [0, 0.05) is 30.7 Å². The van der Waals surface area contributed by atoms with Gasteiger partial charge >= 0.3 is 0 Å². The molecule has 2 N–H and O–H groups in total. The SMILES string of the molecule is C=CC(=O)NC1CCN(S(=O)(=O)c2ccc(C(=O)NCCc3ccc(C(C)(C)C)cc3)cc2)C(C)C1. The summed E-state index contributed by atoms with van der Waals surface area (Å²) >= 11 is 0. The molecule has 36 heavy (non-hydrogen) atoms. The van der Waals surface area contributed by atoms with Crippen molar-refractivity contribution in [2.75, 3.05) is 13.1 Å². The zero-order valence-electron chi connectivity index (χ0n) is 21.6. The Morgan fingerprint density at radius 3 is 2.28 bits per heavy atom. The molecule has 0 bridgehead atoms. The first-order valence-corrected chi connectivity index (χ1v) is 13.8. The predicted molar refractivity (Wildman–Crippen MR) is 142 cm³/mol. The second kappa shape index (κ2) is 11.4. The van der Waals surface area contributed by atoms with Crippen LogP contribution in [-0.4, -0.2) is 49.7 Å². The molecule has 7 nitrogen and oxygen atoms in total. The monoisotopic (exact) mass is 511 g/mol. The van der Waals surface area contributed by atoms with Gasteiger partial charge in [0.15, 0.2) is 0 Å². The summed E-state index contributed by atoms with van der Waals surface area (Å²) in [5.74, 6) is -0.492. The first kappa shape index (κ1) is 27.6. The van der Waals surface area contributed by atoms with Gasteiger partial charge < -0.3 is 10.6 Å². The van der Waals surface area contributed by atoms with Gasteiger partial charge in [0.2, 0.25) is 15.9 Å². The smallest absolute Gasteiger partial charge is 0.251 e. The largest absolute Gasteiger partial charge is 0.352 e. The number of hydrogen-bond donors (Lipinski definition) is 2. The Kier molecular flexibility index (Phi) is 8.74. The number of benzene rings is 2. The van der Waals surface area contributed by atoms with Gasteiger partial charge in [0.05, 0.1) is 4.90 Å². The highest BCUT2D eigenvalue weighted by Gasteiger charge is 2.34. The summed E-state index contributed by atoms with van der Waals surface area (Å²) in [7, 11) is -3.71. The van der Waals surface area contributed by atoms with Crippen molar-refractivity contribution in [3.8, 4) is 0 Å². The van der Waals surface area contributed by atoms with Crippen LogP contribution in [0, 0.1) is 0 Å². The molecule has 2 atom stereocenters. The van der Waals surface area contributed by atoms with Crippen molar-refractivity contribution in [2.45, 2.75) is 69.4 Å². The number of nitrogens with zero attached hydrogens (tertiary/aromatic N) is 1. The van der Waals surface area contributed by atoms with E-state index in [1.54, 1.807) is 12.1 Å². The molecule has 2 aromatic carbocycles. The summed E-state index contributed by atoms with van der Waals surface area (Å²) in [5, 5.41) is 5.75. The first-order chi connectivity index (χ1) is 16.9. The molecule has 0 aromatic heterocycles. The van der Waals surface area contributed by atoms with E-state index in [1.165, 1.54) is 28.1 Å². The number of carbonyl (C=O) groups is 2.